The third-order valence-corrected chi connectivity index (χ3v) is 7.13. The molecule has 4 rings (SSSR count). The number of H-pyrrole nitrogens is 1. The number of carbonyl (C=O) groups is 3. The van der Waals surface area contributed by atoms with Crippen molar-refractivity contribution in [2.24, 2.45) is 5.92 Å². The van der Waals surface area contributed by atoms with Gasteiger partial charge in [0, 0.05) is 16.8 Å². The van der Waals surface area contributed by atoms with E-state index >= 15 is 0 Å². The van der Waals surface area contributed by atoms with Crippen LogP contribution < -0.4 is 10.6 Å². The highest BCUT2D eigenvalue weighted by molar-refractivity contribution is 7.18. The van der Waals surface area contributed by atoms with Crippen LogP contribution in [-0.4, -0.2) is 50.1 Å². The van der Waals surface area contributed by atoms with E-state index in [1.54, 1.807) is 49.3 Å². The molecule has 11 heteroatoms. The largest absolute Gasteiger partial charge is 0.444 e. The zero-order valence-electron chi connectivity index (χ0n) is 21.2. The molecule has 0 unspecified atom stereocenters. The lowest BCUT2D eigenvalue weighted by atomic mass is 9.93. The Morgan fingerprint density at radius 2 is 1.97 bits per heavy atom. The number of likely N-dealkylation sites (tertiary alicyclic amines) is 1. The van der Waals surface area contributed by atoms with Crippen molar-refractivity contribution in [2.75, 3.05) is 17.2 Å². The molecule has 0 aliphatic carbocycles. The first kappa shape index (κ1) is 25.6. The van der Waals surface area contributed by atoms with Gasteiger partial charge in [-0.2, -0.15) is 5.10 Å². The average Bonchev–Trinajstić information content (AvgIpc) is 3.40. The molecule has 4 heterocycles. The number of pyridine rings is 1. The summed E-state index contributed by atoms with van der Waals surface area (Å²) in [6, 6.07) is 3.58. The molecule has 192 valence electrons. The molecule has 1 aliphatic heterocycles. The summed E-state index contributed by atoms with van der Waals surface area (Å²) in [6.45, 7) is 9.84. The van der Waals surface area contributed by atoms with Gasteiger partial charge in [-0.15, -0.1) is 11.3 Å². The third-order valence-electron chi connectivity index (χ3n) is 5.98. The first-order valence-electron chi connectivity index (χ1n) is 12.1. The molecule has 10 nitrogen and oxygen atoms in total. The quantitative estimate of drug-likeness (QED) is 0.428. The maximum atomic E-state index is 13.3. The Hall–Kier alpha value is -3.47. The molecule has 0 radical (unpaired) electrons. The van der Waals surface area contributed by atoms with E-state index in [2.05, 4.69) is 32.7 Å². The van der Waals surface area contributed by atoms with Crippen molar-refractivity contribution in [3.05, 3.63) is 35.0 Å². The maximum absolute atomic E-state index is 13.3. The van der Waals surface area contributed by atoms with E-state index < -0.39 is 23.5 Å². The maximum Gasteiger partial charge on any atom is 0.413 e. The van der Waals surface area contributed by atoms with Gasteiger partial charge in [0.15, 0.2) is 0 Å². The van der Waals surface area contributed by atoms with E-state index in [1.807, 2.05) is 13.0 Å². The molecule has 3 aromatic rings. The van der Waals surface area contributed by atoms with Crippen molar-refractivity contribution in [3.63, 3.8) is 0 Å². The number of aromatic nitrogens is 3. The fourth-order valence-corrected chi connectivity index (χ4v) is 5.41. The number of nitrogens with one attached hydrogen (secondary N) is 3. The van der Waals surface area contributed by atoms with Crippen LogP contribution in [0, 0.1) is 5.92 Å². The van der Waals surface area contributed by atoms with Gasteiger partial charge in [-0.3, -0.25) is 20.0 Å². The molecule has 1 saturated heterocycles. The highest BCUT2D eigenvalue weighted by Crippen LogP contribution is 2.38. The lowest BCUT2D eigenvalue weighted by Gasteiger charge is -2.37. The van der Waals surface area contributed by atoms with E-state index in [9.17, 15) is 14.4 Å². The zero-order chi connectivity index (χ0) is 26.0. The van der Waals surface area contributed by atoms with Crippen molar-refractivity contribution in [2.45, 2.75) is 65.5 Å². The second-order valence-corrected chi connectivity index (χ2v) is 11.2. The molecular formula is C25H32N6O4S. The normalized spacial score (nSPS) is 18.2. The zero-order valence-corrected chi connectivity index (χ0v) is 22.0. The Labute approximate surface area is 213 Å². The van der Waals surface area contributed by atoms with Gasteiger partial charge in [0.05, 0.1) is 24.1 Å². The standard InChI is InChI=1S/C25H32N6O4S/c1-6-15-9-17(12-26-20(15)29-24(34)35-25(3,4)5)28-21(32)23(33)31-13-14(2)7-8-18(31)19-10-16-11-27-30-22(16)36-19/h9-12,14,18H,6-8,13H2,1-5H3,(H,27,30)(H,28,32)(H,26,29,34)/t14-,18+/m1/s1. The second kappa shape index (κ2) is 10.3. The first-order valence-corrected chi connectivity index (χ1v) is 12.9. The van der Waals surface area contributed by atoms with Crippen molar-refractivity contribution in [1.82, 2.24) is 20.1 Å². The molecule has 3 aromatic heterocycles. The SMILES string of the molecule is CCc1cc(NC(=O)C(=O)N2C[C@H](C)CC[C@H]2c2cc3cn[nH]c3s2)cnc1NC(=O)OC(C)(C)C. The van der Waals surface area contributed by atoms with Crippen LogP contribution in [0.1, 0.15) is 63.9 Å². The average molecular weight is 513 g/mol. The van der Waals surface area contributed by atoms with Crippen LogP contribution in [-0.2, 0) is 20.7 Å². The molecule has 0 saturated carbocycles. The molecule has 2 atom stereocenters. The summed E-state index contributed by atoms with van der Waals surface area (Å²) in [4.78, 5) is 46.4. The number of hydrogen-bond acceptors (Lipinski definition) is 7. The number of piperidine rings is 1. The van der Waals surface area contributed by atoms with Crippen molar-refractivity contribution in [3.8, 4) is 0 Å². The minimum absolute atomic E-state index is 0.157. The lowest BCUT2D eigenvalue weighted by molar-refractivity contribution is -0.146. The lowest BCUT2D eigenvalue weighted by Crippen LogP contribution is -2.46. The predicted molar refractivity (Wildman–Crippen MR) is 139 cm³/mol. The van der Waals surface area contributed by atoms with Crippen LogP contribution in [0.15, 0.2) is 24.5 Å². The van der Waals surface area contributed by atoms with Gasteiger partial charge >= 0.3 is 17.9 Å². The van der Waals surface area contributed by atoms with Gasteiger partial charge in [-0.1, -0.05) is 13.8 Å². The summed E-state index contributed by atoms with van der Waals surface area (Å²) in [5.41, 5.74) is 0.455. The fraction of sp³-hybridized carbons (Fsp3) is 0.480. The molecule has 1 aliphatic rings. The number of rotatable bonds is 4. The monoisotopic (exact) mass is 512 g/mol. The van der Waals surface area contributed by atoms with Gasteiger partial charge < -0.3 is 15.0 Å². The Morgan fingerprint density at radius 3 is 2.67 bits per heavy atom. The minimum Gasteiger partial charge on any atom is -0.444 e. The first-order chi connectivity index (χ1) is 17.0. The number of aromatic amines is 1. The fourth-order valence-electron chi connectivity index (χ4n) is 4.28. The summed E-state index contributed by atoms with van der Waals surface area (Å²) in [5, 5.41) is 13.4. The summed E-state index contributed by atoms with van der Waals surface area (Å²) >= 11 is 1.56. The molecule has 0 spiro atoms. The number of ether oxygens (including phenoxy) is 1. The summed E-state index contributed by atoms with van der Waals surface area (Å²) in [7, 11) is 0. The van der Waals surface area contributed by atoms with Gasteiger partial charge in [0.1, 0.15) is 16.2 Å². The number of anilines is 2. The van der Waals surface area contributed by atoms with Gasteiger partial charge in [-0.25, -0.2) is 9.78 Å². The van der Waals surface area contributed by atoms with Crippen molar-refractivity contribution >= 4 is 51.0 Å². The van der Waals surface area contributed by atoms with Crippen LogP contribution in [0.4, 0.5) is 16.3 Å². The summed E-state index contributed by atoms with van der Waals surface area (Å²) in [6.07, 6.45) is 4.91. The molecule has 0 bridgehead atoms. The number of aryl methyl sites for hydroxylation is 1. The van der Waals surface area contributed by atoms with Crippen LogP contribution in [0.3, 0.4) is 0 Å². The number of fused-ring (bicyclic) bond motifs is 1. The smallest absolute Gasteiger partial charge is 0.413 e. The third kappa shape index (κ3) is 5.84. The Balaban J connectivity index is 1.47. The highest BCUT2D eigenvalue weighted by atomic mass is 32.1. The Kier molecular flexibility index (Phi) is 7.30. The van der Waals surface area contributed by atoms with Crippen LogP contribution in [0.2, 0.25) is 0 Å². The minimum atomic E-state index is -0.713. The number of nitrogens with zero attached hydrogens (tertiary/aromatic N) is 3. The Morgan fingerprint density at radius 1 is 1.19 bits per heavy atom. The Bertz CT molecular complexity index is 1250. The van der Waals surface area contributed by atoms with E-state index in [-0.39, 0.29) is 6.04 Å². The van der Waals surface area contributed by atoms with Crippen molar-refractivity contribution < 1.29 is 19.1 Å². The van der Waals surface area contributed by atoms with Gasteiger partial charge in [-0.05, 0) is 63.6 Å². The molecular weight excluding hydrogens is 480 g/mol. The van der Waals surface area contributed by atoms with E-state index in [0.29, 0.717) is 36.0 Å². The van der Waals surface area contributed by atoms with Crippen molar-refractivity contribution in [1.29, 1.82) is 0 Å². The van der Waals surface area contributed by atoms with E-state index in [0.717, 1.165) is 27.9 Å². The number of carbonyl (C=O) groups excluding carboxylic acids is 3. The van der Waals surface area contributed by atoms with Crippen LogP contribution in [0.25, 0.3) is 10.2 Å². The summed E-state index contributed by atoms with van der Waals surface area (Å²) in [5.74, 6) is -0.634. The topological polar surface area (TPSA) is 129 Å². The van der Waals surface area contributed by atoms with Gasteiger partial charge in [0.2, 0.25) is 0 Å². The molecule has 1 fully saturated rings. The highest BCUT2D eigenvalue weighted by Gasteiger charge is 2.35. The van der Waals surface area contributed by atoms with E-state index in [4.69, 9.17) is 4.74 Å². The predicted octanol–water partition coefficient (Wildman–Crippen LogP) is 4.87. The number of hydrogen-bond donors (Lipinski definition) is 3. The van der Waals surface area contributed by atoms with Crippen LogP contribution in [0.5, 0.6) is 0 Å². The van der Waals surface area contributed by atoms with E-state index in [1.165, 1.54) is 6.20 Å². The number of thiophene rings is 1. The molecule has 0 aromatic carbocycles. The summed E-state index contributed by atoms with van der Waals surface area (Å²) < 4.78 is 5.29. The second-order valence-electron chi connectivity index (χ2n) is 10.1. The molecule has 3 N–H and O–H groups in total. The van der Waals surface area contributed by atoms with Crippen LogP contribution >= 0.6 is 11.3 Å². The number of amides is 3. The molecule has 3 amide bonds. The van der Waals surface area contributed by atoms with Gasteiger partial charge in [0.25, 0.3) is 0 Å². The molecule has 36 heavy (non-hydrogen) atoms.